The number of carbonyl (C=O) groups excluding carboxylic acids is 1. The molecule has 0 aliphatic rings. The average Bonchev–Trinajstić information content (AvgIpc) is 2.85. The first-order valence-electron chi connectivity index (χ1n) is 11.0. The first-order valence-corrected chi connectivity index (χ1v) is 11.0. The Bertz CT molecular complexity index is 1050. The van der Waals surface area contributed by atoms with E-state index in [0.29, 0.717) is 12.1 Å². The van der Waals surface area contributed by atoms with Crippen LogP contribution in [-0.2, 0) is 26.2 Å². The summed E-state index contributed by atoms with van der Waals surface area (Å²) in [6.07, 6.45) is 0. The Kier molecular flexibility index (Phi) is 7.46. The van der Waals surface area contributed by atoms with Crippen LogP contribution in [0.2, 0.25) is 0 Å². The standard InChI is InChI=1S/C29H28N2O/c32-29(30-20-24-10-4-1-5-11-24)28-18-16-27(17-19-28)23-31(21-25-12-6-2-7-13-25)22-26-14-8-3-9-15-26/h1-19H,20-23H2,(H,30,32). The van der Waals surface area contributed by atoms with Crippen molar-refractivity contribution in [1.82, 2.24) is 10.2 Å². The normalized spacial score (nSPS) is 10.8. The number of carbonyl (C=O) groups is 1. The third-order valence-electron chi connectivity index (χ3n) is 5.42. The molecule has 0 bridgehead atoms. The Morgan fingerprint density at radius 2 is 0.938 bits per heavy atom. The summed E-state index contributed by atoms with van der Waals surface area (Å²) < 4.78 is 0. The smallest absolute Gasteiger partial charge is 0.251 e. The van der Waals surface area contributed by atoms with Crippen LogP contribution in [-0.4, -0.2) is 10.8 Å². The summed E-state index contributed by atoms with van der Waals surface area (Å²) in [5.74, 6) is -0.0502. The highest BCUT2D eigenvalue weighted by Crippen LogP contribution is 2.15. The minimum Gasteiger partial charge on any atom is -0.348 e. The quantitative estimate of drug-likeness (QED) is 0.370. The Hall–Kier alpha value is -3.69. The molecule has 0 atom stereocenters. The third-order valence-corrected chi connectivity index (χ3v) is 5.42. The van der Waals surface area contributed by atoms with Crippen LogP contribution in [0.5, 0.6) is 0 Å². The second-order valence-corrected chi connectivity index (χ2v) is 7.98. The zero-order chi connectivity index (χ0) is 22.0. The molecule has 4 rings (SSSR count). The molecule has 1 N–H and O–H groups in total. The second kappa shape index (κ2) is 11.1. The molecule has 0 spiro atoms. The van der Waals surface area contributed by atoms with Crippen molar-refractivity contribution in [3.05, 3.63) is 143 Å². The number of hydrogen-bond donors (Lipinski definition) is 1. The van der Waals surface area contributed by atoms with Gasteiger partial charge in [-0.3, -0.25) is 9.69 Å². The van der Waals surface area contributed by atoms with Gasteiger partial charge in [0.25, 0.3) is 5.91 Å². The van der Waals surface area contributed by atoms with Gasteiger partial charge in [-0.2, -0.15) is 0 Å². The topological polar surface area (TPSA) is 32.3 Å². The molecule has 3 heteroatoms. The molecule has 0 heterocycles. The largest absolute Gasteiger partial charge is 0.348 e. The van der Waals surface area contributed by atoms with E-state index in [0.717, 1.165) is 25.2 Å². The summed E-state index contributed by atoms with van der Waals surface area (Å²) in [6.45, 7) is 3.09. The van der Waals surface area contributed by atoms with Gasteiger partial charge >= 0.3 is 0 Å². The van der Waals surface area contributed by atoms with Gasteiger partial charge in [0.05, 0.1) is 0 Å². The van der Waals surface area contributed by atoms with Gasteiger partial charge in [-0.15, -0.1) is 0 Å². The molecule has 0 saturated heterocycles. The predicted octanol–water partition coefficient (Wildman–Crippen LogP) is 5.82. The molecule has 0 radical (unpaired) electrons. The number of nitrogens with zero attached hydrogens (tertiary/aromatic N) is 1. The monoisotopic (exact) mass is 420 g/mol. The molecule has 0 fully saturated rings. The van der Waals surface area contributed by atoms with Crippen molar-refractivity contribution in [1.29, 1.82) is 0 Å². The Morgan fingerprint density at radius 1 is 0.531 bits per heavy atom. The molecule has 1 amide bonds. The number of nitrogens with one attached hydrogen (secondary N) is 1. The average molecular weight is 421 g/mol. The molecule has 160 valence electrons. The second-order valence-electron chi connectivity index (χ2n) is 7.98. The maximum Gasteiger partial charge on any atom is 0.251 e. The van der Waals surface area contributed by atoms with Crippen molar-refractivity contribution >= 4 is 5.91 Å². The lowest BCUT2D eigenvalue weighted by molar-refractivity contribution is 0.0951. The summed E-state index contributed by atoms with van der Waals surface area (Å²) in [5, 5.41) is 2.99. The number of amides is 1. The van der Waals surface area contributed by atoms with Gasteiger partial charge in [0.15, 0.2) is 0 Å². The van der Waals surface area contributed by atoms with Crippen LogP contribution in [0.25, 0.3) is 0 Å². The van der Waals surface area contributed by atoms with Crippen LogP contribution < -0.4 is 5.32 Å². The van der Waals surface area contributed by atoms with Crippen LogP contribution >= 0.6 is 0 Å². The number of benzene rings is 4. The van der Waals surface area contributed by atoms with E-state index >= 15 is 0 Å². The molecule has 4 aromatic rings. The highest BCUT2D eigenvalue weighted by Gasteiger charge is 2.10. The van der Waals surface area contributed by atoms with Crippen LogP contribution in [0.3, 0.4) is 0 Å². The molecule has 0 aliphatic carbocycles. The van der Waals surface area contributed by atoms with E-state index < -0.39 is 0 Å². The summed E-state index contributed by atoms with van der Waals surface area (Å²) in [6, 6.07) is 39.0. The fourth-order valence-electron chi connectivity index (χ4n) is 3.75. The van der Waals surface area contributed by atoms with E-state index in [4.69, 9.17) is 0 Å². The van der Waals surface area contributed by atoms with Crippen molar-refractivity contribution in [3.8, 4) is 0 Å². The van der Waals surface area contributed by atoms with Gasteiger partial charge < -0.3 is 5.32 Å². The Labute approximate surface area is 190 Å². The molecular formula is C29H28N2O. The highest BCUT2D eigenvalue weighted by molar-refractivity contribution is 5.94. The molecule has 0 aliphatic heterocycles. The first-order chi connectivity index (χ1) is 15.8. The van der Waals surface area contributed by atoms with E-state index in [9.17, 15) is 4.79 Å². The van der Waals surface area contributed by atoms with Crippen molar-refractivity contribution < 1.29 is 4.79 Å². The molecular weight excluding hydrogens is 392 g/mol. The SMILES string of the molecule is O=C(NCc1ccccc1)c1ccc(CN(Cc2ccccc2)Cc2ccccc2)cc1. The third kappa shape index (κ3) is 6.40. The molecule has 0 unspecified atom stereocenters. The Balaban J connectivity index is 1.40. The summed E-state index contributed by atoms with van der Waals surface area (Å²) >= 11 is 0. The van der Waals surface area contributed by atoms with E-state index in [1.807, 2.05) is 54.6 Å². The van der Waals surface area contributed by atoms with Gasteiger partial charge in [0.1, 0.15) is 0 Å². The van der Waals surface area contributed by atoms with Crippen LogP contribution in [0.4, 0.5) is 0 Å². The molecule has 3 nitrogen and oxygen atoms in total. The minimum absolute atomic E-state index is 0.0502. The van der Waals surface area contributed by atoms with Crippen molar-refractivity contribution in [2.45, 2.75) is 26.2 Å². The van der Waals surface area contributed by atoms with Gasteiger partial charge in [-0.05, 0) is 34.4 Å². The zero-order valence-corrected chi connectivity index (χ0v) is 18.2. The minimum atomic E-state index is -0.0502. The molecule has 4 aromatic carbocycles. The van der Waals surface area contributed by atoms with E-state index in [-0.39, 0.29) is 5.91 Å². The predicted molar refractivity (Wildman–Crippen MR) is 130 cm³/mol. The number of rotatable bonds is 9. The molecule has 32 heavy (non-hydrogen) atoms. The van der Waals surface area contributed by atoms with Crippen molar-refractivity contribution in [2.75, 3.05) is 0 Å². The van der Waals surface area contributed by atoms with Gasteiger partial charge in [0.2, 0.25) is 0 Å². The lowest BCUT2D eigenvalue weighted by atomic mass is 10.1. The summed E-state index contributed by atoms with van der Waals surface area (Å²) in [7, 11) is 0. The lowest BCUT2D eigenvalue weighted by Crippen LogP contribution is -2.23. The van der Waals surface area contributed by atoms with Crippen LogP contribution in [0.1, 0.15) is 32.6 Å². The maximum atomic E-state index is 12.5. The van der Waals surface area contributed by atoms with Gasteiger partial charge in [-0.1, -0.05) is 103 Å². The lowest BCUT2D eigenvalue weighted by Gasteiger charge is -2.23. The molecule has 0 saturated carbocycles. The Morgan fingerprint density at radius 3 is 1.41 bits per heavy atom. The van der Waals surface area contributed by atoms with E-state index in [2.05, 4.69) is 70.9 Å². The number of hydrogen-bond acceptors (Lipinski definition) is 2. The summed E-state index contributed by atoms with van der Waals surface area (Å²) in [5.41, 5.74) is 5.55. The van der Waals surface area contributed by atoms with Crippen LogP contribution in [0.15, 0.2) is 115 Å². The maximum absolute atomic E-state index is 12.5. The molecule has 0 aromatic heterocycles. The van der Waals surface area contributed by atoms with E-state index in [1.54, 1.807) is 0 Å². The first kappa shape index (κ1) is 21.5. The fourth-order valence-corrected chi connectivity index (χ4v) is 3.75. The zero-order valence-electron chi connectivity index (χ0n) is 18.2. The fraction of sp³-hybridized carbons (Fsp3) is 0.138. The highest BCUT2D eigenvalue weighted by atomic mass is 16.1. The van der Waals surface area contributed by atoms with E-state index in [1.165, 1.54) is 16.7 Å². The van der Waals surface area contributed by atoms with Crippen molar-refractivity contribution in [2.24, 2.45) is 0 Å². The van der Waals surface area contributed by atoms with Gasteiger partial charge in [0, 0.05) is 31.7 Å². The van der Waals surface area contributed by atoms with Crippen molar-refractivity contribution in [3.63, 3.8) is 0 Å². The van der Waals surface area contributed by atoms with Gasteiger partial charge in [-0.25, -0.2) is 0 Å². The van der Waals surface area contributed by atoms with Crippen LogP contribution in [0, 0.1) is 0 Å². The summed E-state index contributed by atoms with van der Waals surface area (Å²) in [4.78, 5) is 14.9.